The molecule has 9 nitrogen and oxygen atoms in total. The second kappa shape index (κ2) is 16.6. The summed E-state index contributed by atoms with van der Waals surface area (Å²) in [5.41, 5.74) is 17.4. The lowest BCUT2D eigenvalue weighted by Crippen LogP contribution is -2.36. The zero-order valence-electron chi connectivity index (χ0n) is 28.9. The third kappa shape index (κ3) is 10.8. The van der Waals surface area contributed by atoms with E-state index in [1.807, 2.05) is 27.7 Å². The Hall–Kier alpha value is -2.95. The Labute approximate surface area is 271 Å². The van der Waals surface area contributed by atoms with Gasteiger partial charge in [0.15, 0.2) is 5.75 Å². The lowest BCUT2D eigenvalue weighted by molar-refractivity contribution is -0.119. The number of hydrogen-bond donors (Lipinski definition) is 4. The molecule has 0 radical (unpaired) electrons. The van der Waals surface area contributed by atoms with Crippen molar-refractivity contribution in [2.45, 2.75) is 131 Å². The Morgan fingerprint density at radius 3 is 1.67 bits per heavy atom. The summed E-state index contributed by atoms with van der Waals surface area (Å²) in [6.07, 6.45) is 1.95. The zero-order chi connectivity index (χ0) is 34.2. The van der Waals surface area contributed by atoms with E-state index in [4.69, 9.17) is 15.7 Å². The molecule has 0 aliphatic rings. The highest BCUT2D eigenvalue weighted by atomic mass is 32.2. The average Bonchev–Trinajstić information content (AvgIpc) is 2.92. The lowest BCUT2D eigenvalue weighted by atomic mass is 9.83. The molecule has 2 aromatic rings. The minimum Gasteiger partial charge on any atom is -0.366 e. The average molecular weight is 645 g/mol. The van der Waals surface area contributed by atoms with Crippen molar-refractivity contribution in [3.63, 3.8) is 0 Å². The first kappa shape index (κ1) is 38.2. The van der Waals surface area contributed by atoms with Crippen molar-refractivity contribution in [3.8, 4) is 5.75 Å². The van der Waals surface area contributed by atoms with Crippen LogP contribution < -0.4 is 25.7 Å². The normalized spacial score (nSPS) is 12.8. The molecular weight excluding hydrogens is 588 g/mol. The van der Waals surface area contributed by atoms with Gasteiger partial charge in [0.05, 0.1) is 12.5 Å². The van der Waals surface area contributed by atoms with Gasteiger partial charge < -0.3 is 21.0 Å². The minimum atomic E-state index is -4.53. The molecule has 0 aliphatic heterocycles. The molecule has 45 heavy (non-hydrogen) atoms. The first-order valence-electron chi connectivity index (χ1n) is 16.2. The Morgan fingerprint density at radius 2 is 1.24 bits per heavy atom. The van der Waals surface area contributed by atoms with Crippen molar-refractivity contribution in [1.82, 2.24) is 4.72 Å². The van der Waals surface area contributed by atoms with Gasteiger partial charge in [-0.2, -0.15) is 8.42 Å². The van der Waals surface area contributed by atoms with Crippen LogP contribution in [0, 0.1) is 0 Å². The van der Waals surface area contributed by atoms with Gasteiger partial charge in [-0.15, -0.1) is 0 Å². The van der Waals surface area contributed by atoms with Gasteiger partial charge in [0.2, 0.25) is 11.8 Å². The minimum absolute atomic E-state index is 0.0907. The van der Waals surface area contributed by atoms with Crippen LogP contribution in [0.3, 0.4) is 0 Å². The van der Waals surface area contributed by atoms with Gasteiger partial charge in [0, 0.05) is 16.8 Å². The van der Waals surface area contributed by atoms with Gasteiger partial charge in [-0.05, 0) is 83.4 Å². The van der Waals surface area contributed by atoms with Gasteiger partial charge in [-0.1, -0.05) is 87.8 Å². The number of rotatable bonds is 16. The van der Waals surface area contributed by atoms with Crippen molar-refractivity contribution >= 4 is 27.8 Å². The van der Waals surface area contributed by atoms with Crippen LogP contribution in [0.15, 0.2) is 24.3 Å². The highest BCUT2D eigenvalue weighted by Gasteiger charge is 2.27. The maximum atomic E-state index is 13.4. The highest BCUT2D eigenvalue weighted by Crippen LogP contribution is 2.38. The number of hydrogen-bond acceptors (Lipinski definition) is 7. The maximum Gasteiger partial charge on any atom is 0.409 e. The number of amides is 2. The molecule has 0 aliphatic carbocycles. The molecule has 2 rings (SSSR count). The predicted octanol–water partition coefficient (Wildman–Crippen LogP) is 6.68. The largest absolute Gasteiger partial charge is 0.409 e. The van der Waals surface area contributed by atoms with Crippen LogP contribution in [0.25, 0.3) is 0 Å². The molecule has 252 valence electrons. The van der Waals surface area contributed by atoms with E-state index < -0.39 is 22.3 Å². The number of carbonyl (C=O) groups excluding carboxylic acids is 2. The number of benzene rings is 2. The third-order valence-corrected chi connectivity index (χ3v) is 8.85. The summed E-state index contributed by atoms with van der Waals surface area (Å²) < 4.78 is 34.5. The number of carbonyl (C=O) groups is 2. The molecule has 0 spiro atoms. The van der Waals surface area contributed by atoms with Crippen LogP contribution in [-0.4, -0.2) is 32.8 Å². The maximum absolute atomic E-state index is 13.4. The molecular formula is C35H56N4O5S. The number of anilines is 1. The summed E-state index contributed by atoms with van der Waals surface area (Å²) in [6, 6.07) is 6.97. The van der Waals surface area contributed by atoms with Crippen LogP contribution in [0.1, 0.15) is 151 Å². The molecule has 2 amide bonds. The van der Waals surface area contributed by atoms with Crippen LogP contribution >= 0.6 is 0 Å². The summed E-state index contributed by atoms with van der Waals surface area (Å²) in [5, 5.41) is 2.88. The van der Waals surface area contributed by atoms with Crippen molar-refractivity contribution in [3.05, 3.63) is 57.6 Å². The van der Waals surface area contributed by atoms with Gasteiger partial charge in [-0.3, -0.25) is 9.59 Å². The van der Waals surface area contributed by atoms with E-state index in [-0.39, 0.29) is 41.7 Å². The Kier molecular flexibility index (Phi) is 14.1. The first-order chi connectivity index (χ1) is 20.9. The Bertz CT molecular complexity index is 1370. The van der Waals surface area contributed by atoms with Crippen LogP contribution in [0.4, 0.5) is 5.69 Å². The Balaban J connectivity index is 2.41. The van der Waals surface area contributed by atoms with Crippen molar-refractivity contribution in [2.24, 2.45) is 11.5 Å². The molecule has 1 atom stereocenters. The third-order valence-electron chi connectivity index (χ3n) is 7.99. The van der Waals surface area contributed by atoms with Crippen molar-refractivity contribution in [2.75, 3.05) is 11.9 Å². The number of unbranched alkanes of at least 4 members (excludes halogenated alkanes) is 1. The summed E-state index contributed by atoms with van der Waals surface area (Å²) in [5.74, 6) is -0.525. The smallest absolute Gasteiger partial charge is 0.366 e. The molecule has 0 heterocycles. The van der Waals surface area contributed by atoms with Crippen molar-refractivity contribution < 1.29 is 22.2 Å². The number of nitrogens with two attached hydrogens (primary N) is 2. The zero-order valence-corrected chi connectivity index (χ0v) is 29.7. The summed E-state index contributed by atoms with van der Waals surface area (Å²) >= 11 is 0. The molecule has 0 saturated carbocycles. The fraction of sp³-hybridized carbons (Fsp3) is 0.600. The van der Waals surface area contributed by atoms with E-state index in [9.17, 15) is 18.0 Å². The monoisotopic (exact) mass is 644 g/mol. The molecule has 0 unspecified atom stereocenters. The molecule has 10 heteroatoms. The molecule has 2 aromatic carbocycles. The molecule has 0 aromatic heterocycles. The van der Waals surface area contributed by atoms with E-state index in [0.717, 1.165) is 29.5 Å². The van der Waals surface area contributed by atoms with E-state index in [2.05, 4.69) is 63.7 Å². The van der Waals surface area contributed by atoms with Gasteiger partial charge in [0.1, 0.15) is 0 Å². The van der Waals surface area contributed by atoms with Crippen LogP contribution in [-0.2, 0) is 26.3 Å². The molecule has 0 bridgehead atoms. The first-order valence-corrected chi connectivity index (χ1v) is 17.6. The summed E-state index contributed by atoms with van der Waals surface area (Å²) in [7, 11) is -4.53. The topological polar surface area (TPSA) is 154 Å². The lowest BCUT2D eigenvalue weighted by Gasteiger charge is -2.23. The van der Waals surface area contributed by atoms with E-state index in [0.29, 0.717) is 35.7 Å². The quantitative estimate of drug-likeness (QED) is 0.149. The van der Waals surface area contributed by atoms with E-state index in [1.165, 1.54) is 5.56 Å². The van der Waals surface area contributed by atoms with Crippen molar-refractivity contribution in [1.29, 1.82) is 0 Å². The van der Waals surface area contributed by atoms with Gasteiger partial charge in [0.25, 0.3) is 0 Å². The molecule has 0 fully saturated rings. The van der Waals surface area contributed by atoms with Crippen LogP contribution in [0.5, 0.6) is 5.75 Å². The fourth-order valence-corrected chi connectivity index (χ4v) is 6.16. The molecule has 6 N–H and O–H groups in total. The Morgan fingerprint density at radius 1 is 0.756 bits per heavy atom. The van der Waals surface area contributed by atoms with E-state index >= 15 is 0 Å². The second-order valence-electron chi connectivity index (χ2n) is 13.6. The second-order valence-corrected chi connectivity index (χ2v) is 14.8. The summed E-state index contributed by atoms with van der Waals surface area (Å²) in [6.45, 7) is 20.7. The van der Waals surface area contributed by atoms with Crippen LogP contribution in [0.2, 0.25) is 0 Å². The fourth-order valence-electron chi connectivity index (χ4n) is 5.35. The molecule has 0 saturated heterocycles. The number of nitrogens with one attached hydrogen (secondary N) is 2. The predicted molar refractivity (Wildman–Crippen MR) is 184 cm³/mol. The van der Waals surface area contributed by atoms with Gasteiger partial charge in [-0.25, -0.2) is 4.72 Å². The SMILES string of the molecule is CC(C)c1cc(C(C)C)c(CC(=O)NS(=O)(=O)Oc2c(C(C)C)cc(NC(=O)[C@@H](N)CCCCN)cc2C(C)C)c(C(C)C)c1. The highest BCUT2D eigenvalue weighted by molar-refractivity contribution is 7.85. The summed E-state index contributed by atoms with van der Waals surface area (Å²) in [4.78, 5) is 26.1. The van der Waals surface area contributed by atoms with Gasteiger partial charge >= 0.3 is 10.3 Å². The van der Waals surface area contributed by atoms with E-state index in [1.54, 1.807) is 12.1 Å². The standard InChI is InChI=1S/C35H56N4O5S/c1-20(2)25-15-27(21(3)4)31(28(16-25)22(5)6)19-33(40)39-45(42,43)44-34-29(23(7)8)17-26(18-30(34)24(9)10)38-35(41)32(37)13-11-12-14-36/h15-18,20-24,32H,11-14,19,36-37H2,1-10H3,(H,38,41)(H,39,40)/t32-/m0/s1.